The predicted molar refractivity (Wildman–Crippen MR) is 104 cm³/mol. The summed E-state index contributed by atoms with van der Waals surface area (Å²) in [5, 5.41) is 7.00. The van der Waals surface area contributed by atoms with E-state index < -0.39 is 0 Å². The second kappa shape index (κ2) is 8.04. The van der Waals surface area contributed by atoms with E-state index in [-0.39, 0.29) is 24.2 Å². The fourth-order valence-corrected chi connectivity index (χ4v) is 3.34. The van der Waals surface area contributed by atoms with Crippen LogP contribution in [0, 0.1) is 5.92 Å². The van der Waals surface area contributed by atoms with E-state index in [0.29, 0.717) is 19.6 Å². The first kappa shape index (κ1) is 17.9. The lowest BCUT2D eigenvalue weighted by atomic mass is 10.1. The second-order valence-corrected chi connectivity index (χ2v) is 6.94. The fourth-order valence-electron chi connectivity index (χ4n) is 3.34. The van der Waals surface area contributed by atoms with Gasteiger partial charge in [-0.1, -0.05) is 42.5 Å². The van der Waals surface area contributed by atoms with E-state index in [1.165, 1.54) is 6.33 Å². The fraction of sp³-hybridized carbons (Fsp3) is 0.238. The number of anilines is 1. The molecule has 0 spiro atoms. The molecule has 1 aliphatic rings. The molecule has 0 bridgehead atoms. The van der Waals surface area contributed by atoms with Crippen molar-refractivity contribution in [1.29, 1.82) is 0 Å². The van der Waals surface area contributed by atoms with Gasteiger partial charge in [0.15, 0.2) is 0 Å². The van der Waals surface area contributed by atoms with Gasteiger partial charge in [-0.15, -0.1) is 0 Å². The van der Waals surface area contributed by atoms with Gasteiger partial charge in [-0.25, -0.2) is 9.67 Å². The molecule has 1 atom stereocenters. The van der Waals surface area contributed by atoms with Crippen molar-refractivity contribution in [2.75, 3.05) is 11.9 Å². The van der Waals surface area contributed by atoms with Crippen LogP contribution in [0.15, 0.2) is 67.3 Å². The number of aromatic nitrogens is 3. The Morgan fingerprint density at radius 1 is 1.04 bits per heavy atom. The van der Waals surface area contributed by atoms with E-state index in [0.717, 1.165) is 16.8 Å². The Kier molecular flexibility index (Phi) is 5.14. The molecule has 1 N–H and O–H groups in total. The number of benzene rings is 2. The van der Waals surface area contributed by atoms with Crippen molar-refractivity contribution in [1.82, 2.24) is 19.7 Å². The Balaban J connectivity index is 1.33. The quantitative estimate of drug-likeness (QED) is 0.717. The summed E-state index contributed by atoms with van der Waals surface area (Å²) in [5.41, 5.74) is 2.86. The number of carbonyl (C=O) groups excluding carboxylic acids is 2. The van der Waals surface area contributed by atoms with Gasteiger partial charge in [-0.05, 0) is 23.3 Å². The molecule has 1 saturated heterocycles. The highest BCUT2D eigenvalue weighted by atomic mass is 16.2. The monoisotopic (exact) mass is 375 g/mol. The summed E-state index contributed by atoms with van der Waals surface area (Å²) < 4.78 is 1.74. The zero-order valence-corrected chi connectivity index (χ0v) is 15.4. The molecule has 2 heterocycles. The highest BCUT2D eigenvalue weighted by Crippen LogP contribution is 2.22. The molecule has 28 heavy (non-hydrogen) atoms. The van der Waals surface area contributed by atoms with Crippen LogP contribution in [0.5, 0.6) is 0 Å². The lowest BCUT2D eigenvalue weighted by molar-refractivity contribution is -0.128. The van der Waals surface area contributed by atoms with Gasteiger partial charge in [0.05, 0.1) is 12.5 Å². The molecule has 2 amide bonds. The van der Waals surface area contributed by atoms with Crippen LogP contribution in [0.2, 0.25) is 0 Å². The second-order valence-electron chi connectivity index (χ2n) is 6.94. The number of amides is 2. The van der Waals surface area contributed by atoms with E-state index in [9.17, 15) is 9.59 Å². The highest BCUT2D eigenvalue weighted by molar-refractivity contribution is 5.97. The van der Waals surface area contributed by atoms with Gasteiger partial charge < -0.3 is 10.2 Å². The number of likely N-dealkylation sites (tertiary alicyclic amines) is 1. The zero-order valence-electron chi connectivity index (χ0n) is 15.4. The maximum Gasteiger partial charge on any atom is 0.229 e. The third-order valence-corrected chi connectivity index (χ3v) is 4.83. The van der Waals surface area contributed by atoms with Crippen molar-refractivity contribution in [2.45, 2.75) is 19.5 Å². The molecule has 142 valence electrons. The molecular formula is C21H21N5O2. The molecule has 1 unspecified atom stereocenters. The minimum Gasteiger partial charge on any atom is -0.338 e. The van der Waals surface area contributed by atoms with E-state index >= 15 is 0 Å². The lowest BCUT2D eigenvalue weighted by Gasteiger charge is -2.16. The van der Waals surface area contributed by atoms with Crippen molar-refractivity contribution >= 4 is 17.5 Å². The molecule has 2 aromatic carbocycles. The average Bonchev–Trinajstić information content (AvgIpc) is 3.34. The van der Waals surface area contributed by atoms with Crippen LogP contribution in [0.25, 0.3) is 0 Å². The molecule has 0 aliphatic carbocycles. The number of hydrogen-bond acceptors (Lipinski definition) is 4. The van der Waals surface area contributed by atoms with Crippen LogP contribution in [-0.4, -0.2) is 38.0 Å². The van der Waals surface area contributed by atoms with Crippen LogP contribution in [-0.2, 0) is 22.7 Å². The number of rotatable bonds is 6. The third kappa shape index (κ3) is 4.25. The molecule has 1 fully saturated rings. The molecule has 1 aromatic heterocycles. The van der Waals surface area contributed by atoms with Gasteiger partial charge in [0.2, 0.25) is 11.8 Å². The topological polar surface area (TPSA) is 80.1 Å². The van der Waals surface area contributed by atoms with Crippen LogP contribution >= 0.6 is 0 Å². The summed E-state index contributed by atoms with van der Waals surface area (Å²) in [6, 6.07) is 17.4. The molecular weight excluding hydrogens is 354 g/mol. The van der Waals surface area contributed by atoms with Crippen molar-refractivity contribution in [3.05, 3.63) is 78.4 Å². The van der Waals surface area contributed by atoms with Gasteiger partial charge in [0.25, 0.3) is 0 Å². The largest absolute Gasteiger partial charge is 0.338 e. The first-order chi connectivity index (χ1) is 13.7. The van der Waals surface area contributed by atoms with Crippen molar-refractivity contribution < 1.29 is 9.59 Å². The minimum atomic E-state index is -0.328. The summed E-state index contributed by atoms with van der Waals surface area (Å²) in [7, 11) is 0. The smallest absolute Gasteiger partial charge is 0.229 e. The molecule has 3 aromatic rings. The highest BCUT2D eigenvalue weighted by Gasteiger charge is 2.34. The summed E-state index contributed by atoms with van der Waals surface area (Å²) >= 11 is 0. The van der Waals surface area contributed by atoms with Gasteiger partial charge in [0, 0.05) is 25.2 Å². The summed E-state index contributed by atoms with van der Waals surface area (Å²) in [4.78, 5) is 30.5. The van der Waals surface area contributed by atoms with Gasteiger partial charge in [-0.3, -0.25) is 9.59 Å². The first-order valence-corrected chi connectivity index (χ1v) is 9.21. The number of nitrogens with one attached hydrogen (secondary N) is 1. The van der Waals surface area contributed by atoms with Gasteiger partial charge in [0.1, 0.15) is 12.7 Å². The molecule has 7 nitrogen and oxygen atoms in total. The minimum absolute atomic E-state index is 0.0205. The Bertz CT molecular complexity index is 939. The molecule has 7 heteroatoms. The average molecular weight is 375 g/mol. The van der Waals surface area contributed by atoms with Crippen LogP contribution in [0.1, 0.15) is 17.5 Å². The predicted octanol–water partition coefficient (Wildman–Crippen LogP) is 2.31. The van der Waals surface area contributed by atoms with Crippen molar-refractivity contribution in [2.24, 2.45) is 5.92 Å². The third-order valence-electron chi connectivity index (χ3n) is 4.83. The number of nitrogens with zero attached hydrogens (tertiary/aromatic N) is 4. The summed E-state index contributed by atoms with van der Waals surface area (Å²) in [6.07, 6.45) is 3.41. The van der Waals surface area contributed by atoms with Crippen molar-refractivity contribution in [3.8, 4) is 0 Å². The summed E-state index contributed by atoms with van der Waals surface area (Å²) in [6.45, 7) is 1.62. The Morgan fingerprint density at radius 2 is 1.79 bits per heavy atom. The van der Waals surface area contributed by atoms with E-state index in [2.05, 4.69) is 15.4 Å². The molecule has 0 saturated carbocycles. The van der Waals surface area contributed by atoms with Gasteiger partial charge in [-0.2, -0.15) is 5.10 Å². The molecule has 4 rings (SSSR count). The van der Waals surface area contributed by atoms with Gasteiger partial charge >= 0.3 is 0 Å². The zero-order chi connectivity index (χ0) is 19.3. The van der Waals surface area contributed by atoms with Crippen LogP contribution in [0.4, 0.5) is 5.69 Å². The standard InChI is InChI=1S/C21H21N5O2/c27-20-10-18(13-25(20)11-16-4-2-1-3-5-16)21(28)24-19-8-6-17(7-9-19)12-26-15-22-14-23-26/h1-9,14-15,18H,10-13H2,(H,24,28). The van der Waals surface area contributed by atoms with Crippen molar-refractivity contribution in [3.63, 3.8) is 0 Å². The van der Waals surface area contributed by atoms with Crippen LogP contribution < -0.4 is 5.32 Å². The lowest BCUT2D eigenvalue weighted by Crippen LogP contribution is -2.28. The van der Waals surface area contributed by atoms with E-state index in [4.69, 9.17) is 0 Å². The van der Waals surface area contributed by atoms with E-state index in [1.807, 2.05) is 54.6 Å². The van der Waals surface area contributed by atoms with E-state index in [1.54, 1.807) is 15.9 Å². The Labute approximate surface area is 163 Å². The molecule has 1 aliphatic heterocycles. The summed E-state index contributed by atoms with van der Waals surface area (Å²) in [5.74, 6) is -0.425. The maximum absolute atomic E-state index is 12.6. The number of carbonyl (C=O) groups is 2. The normalized spacial score (nSPS) is 16.4. The number of hydrogen-bond donors (Lipinski definition) is 1. The Hall–Kier alpha value is -3.48. The maximum atomic E-state index is 12.6. The SMILES string of the molecule is O=C(Nc1ccc(Cn2cncn2)cc1)C1CC(=O)N(Cc2ccccc2)C1. The molecule has 0 radical (unpaired) electrons. The first-order valence-electron chi connectivity index (χ1n) is 9.21. The Morgan fingerprint density at radius 3 is 2.50 bits per heavy atom. The van der Waals surface area contributed by atoms with Crippen LogP contribution in [0.3, 0.4) is 0 Å².